The first kappa shape index (κ1) is 24.2. The maximum atomic E-state index is 13.5. The summed E-state index contributed by atoms with van der Waals surface area (Å²) >= 11 is 1.31. The van der Waals surface area contributed by atoms with Crippen molar-refractivity contribution >= 4 is 29.0 Å². The fraction of sp³-hybridized carbons (Fsp3) is 0.400. The van der Waals surface area contributed by atoms with Gasteiger partial charge in [-0.2, -0.15) is 0 Å². The van der Waals surface area contributed by atoms with Crippen LogP contribution in [0.15, 0.2) is 53.7 Å². The van der Waals surface area contributed by atoms with Crippen LogP contribution in [0.2, 0.25) is 0 Å². The molecular formula is C25H31FN6OS. The van der Waals surface area contributed by atoms with Crippen molar-refractivity contribution in [1.29, 1.82) is 0 Å². The molecule has 1 saturated heterocycles. The van der Waals surface area contributed by atoms with E-state index in [0.717, 1.165) is 30.3 Å². The van der Waals surface area contributed by atoms with E-state index < -0.39 is 0 Å². The summed E-state index contributed by atoms with van der Waals surface area (Å²) in [6, 6.07) is 14.2. The van der Waals surface area contributed by atoms with Crippen LogP contribution in [0.5, 0.6) is 0 Å². The number of rotatable bonds is 8. The molecule has 0 saturated carbocycles. The summed E-state index contributed by atoms with van der Waals surface area (Å²) in [5.41, 5.74) is 2.72. The standard InChI is InChI=1S/C25H31FN6OS/c1-18(30(2)3)24-28-29-25(32(24)22-11-7-19(26)8-12-22)34-17-23(33)27-20-9-13-21(14-10-20)31-15-5-4-6-16-31/h7-14,18H,4-6,15-17H2,1-3H3,(H,27,33). The molecule has 1 unspecified atom stereocenters. The fourth-order valence-corrected chi connectivity index (χ4v) is 4.70. The quantitative estimate of drug-likeness (QED) is 0.468. The van der Waals surface area contributed by atoms with Crippen molar-refractivity contribution in [1.82, 2.24) is 19.7 Å². The summed E-state index contributed by atoms with van der Waals surface area (Å²) in [5.74, 6) is 0.488. The molecule has 0 bridgehead atoms. The maximum Gasteiger partial charge on any atom is 0.234 e. The highest BCUT2D eigenvalue weighted by molar-refractivity contribution is 7.99. The molecule has 3 aromatic rings. The second-order valence-electron chi connectivity index (χ2n) is 8.72. The molecule has 180 valence electrons. The largest absolute Gasteiger partial charge is 0.372 e. The number of carbonyl (C=O) groups is 1. The number of benzene rings is 2. The Morgan fingerprint density at radius 1 is 1.03 bits per heavy atom. The van der Waals surface area contributed by atoms with E-state index in [1.54, 1.807) is 12.1 Å². The van der Waals surface area contributed by atoms with Crippen LogP contribution in [0.25, 0.3) is 5.69 Å². The van der Waals surface area contributed by atoms with Crippen LogP contribution >= 0.6 is 11.8 Å². The second kappa shape index (κ2) is 11.0. The van der Waals surface area contributed by atoms with Gasteiger partial charge in [-0.15, -0.1) is 10.2 Å². The number of thioether (sulfide) groups is 1. The molecule has 7 nitrogen and oxygen atoms in total. The maximum absolute atomic E-state index is 13.5. The molecule has 1 atom stereocenters. The van der Waals surface area contributed by atoms with Crippen molar-refractivity contribution in [2.24, 2.45) is 0 Å². The van der Waals surface area contributed by atoms with Crippen molar-refractivity contribution in [2.75, 3.05) is 43.2 Å². The van der Waals surface area contributed by atoms with E-state index in [1.807, 2.05) is 42.6 Å². The van der Waals surface area contributed by atoms with Crippen LogP contribution in [0.4, 0.5) is 15.8 Å². The van der Waals surface area contributed by atoms with E-state index >= 15 is 0 Å². The first-order chi connectivity index (χ1) is 16.4. The Morgan fingerprint density at radius 3 is 2.32 bits per heavy atom. The zero-order chi connectivity index (χ0) is 24.1. The van der Waals surface area contributed by atoms with Crippen LogP contribution in [-0.2, 0) is 4.79 Å². The minimum absolute atomic E-state index is 0.0147. The van der Waals surface area contributed by atoms with Crippen molar-refractivity contribution in [3.8, 4) is 5.69 Å². The average molecular weight is 483 g/mol. The number of hydrogen-bond donors (Lipinski definition) is 1. The van der Waals surface area contributed by atoms with Gasteiger partial charge in [0, 0.05) is 30.2 Å². The summed E-state index contributed by atoms with van der Waals surface area (Å²) in [6.45, 7) is 4.20. The number of halogens is 1. The minimum Gasteiger partial charge on any atom is -0.372 e. The fourth-order valence-electron chi connectivity index (χ4n) is 3.94. The van der Waals surface area contributed by atoms with Gasteiger partial charge in [-0.05, 0) is 88.8 Å². The predicted octanol–water partition coefficient (Wildman–Crippen LogP) is 4.75. The van der Waals surface area contributed by atoms with Crippen LogP contribution in [0.1, 0.15) is 38.1 Å². The van der Waals surface area contributed by atoms with Crippen molar-refractivity contribution in [2.45, 2.75) is 37.4 Å². The summed E-state index contributed by atoms with van der Waals surface area (Å²) in [6.07, 6.45) is 3.76. The zero-order valence-corrected chi connectivity index (χ0v) is 20.7. The van der Waals surface area contributed by atoms with Gasteiger partial charge < -0.3 is 10.2 Å². The summed E-state index contributed by atoms with van der Waals surface area (Å²) in [4.78, 5) is 17.1. The lowest BCUT2D eigenvalue weighted by molar-refractivity contribution is -0.113. The smallest absolute Gasteiger partial charge is 0.234 e. The molecule has 0 aliphatic carbocycles. The Balaban J connectivity index is 1.43. The van der Waals surface area contributed by atoms with Crippen LogP contribution in [0.3, 0.4) is 0 Å². The number of nitrogens with zero attached hydrogens (tertiary/aromatic N) is 5. The monoisotopic (exact) mass is 482 g/mol. The van der Waals surface area contributed by atoms with Gasteiger partial charge in [0.05, 0.1) is 11.8 Å². The SMILES string of the molecule is CC(c1nnc(SCC(=O)Nc2ccc(N3CCCCC3)cc2)n1-c1ccc(F)cc1)N(C)C. The molecule has 2 aromatic carbocycles. The van der Waals surface area contributed by atoms with E-state index in [-0.39, 0.29) is 23.5 Å². The molecule has 2 heterocycles. The van der Waals surface area contributed by atoms with Crippen molar-refractivity contribution in [3.05, 3.63) is 60.2 Å². The van der Waals surface area contributed by atoms with Gasteiger partial charge in [-0.25, -0.2) is 4.39 Å². The van der Waals surface area contributed by atoms with Crippen molar-refractivity contribution < 1.29 is 9.18 Å². The number of aromatic nitrogens is 3. The summed E-state index contributed by atoms with van der Waals surface area (Å²) in [5, 5.41) is 12.3. The number of piperidine rings is 1. The highest BCUT2D eigenvalue weighted by atomic mass is 32.2. The molecular weight excluding hydrogens is 451 g/mol. The van der Waals surface area contributed by atoms with Gasteiger partial charge in [0.1, 0.15) is 5.82 Å². The van der Waals surface area contributed by atoms with Crippen LogP contribution in [-0.4, -0.2) is 58.5 Å². The van der Waals surface area contributed by atoms with E-state index in [1.165, 1.54) is 48.8 Å². The third-order valence-electron chi connectivity index (χ3n) is 6.10. The lowest BCUT2D eigenvalue weighted by Gasteiger charge is -2.28. The Kier molecular flexibility index (Phi) is 7.84. The third kappa shape index (κ3) is 5.77. The molecule has 1 aliphatic heterocycles. The first-order valence-electron chi connectivity index (χ1n) is 11.6. The lowest BCUT2D eigenvalue weighted by Crippen LogP contribution is -2.29. The van der Waals surface area contributed by atoms with Crippen LogP contribution < -0.4 is 10.2 Å². The van der Waals surface area contributed by atoms with Gasteiger partial charge in [0.25, 0.3) is 0 Å². The first-order valence-corrected chi connectivity index (χ1v) is 12.6. The van der Waals surface area contributed by atoms with E-state index in [9.17, 15) is 9.18 Å². The highest BCUT2D eigenvalue weighted by Gasteiger charge is 2.21. The Bertz CT molecular complexity index is 1090. The number of amides is 1. The molecule has 4 rings (SSSR count). The highest BCUT2D eigenvalue weighted by Crippen LogP contribution is 2.27. The van der Waals surface area contributed by atoms with Gasteiger partial charge in [-0.1, -0.05) is 11.8 Å². The molecule has 0 spiro atoms. The van der Waals surface area contributed by atoms with Gasteiger partial charge in [0.2, 0.25) is 5.91 Å². The minimum atomic E-state index is -0.307. The Morgan fingerprint density at radius 2 is 1.68 bits per heavy atom. The normalized spacial score (nSPS) is 14.9. The zero-order valence-electron chi connectivity index (χ0n) is 19.9. The predicted molar refractivity (Wildman–Crippen MR) is 135 cm³/mol. The second-order valence-corrected chi connectivity index (χ2v) is 9.67. The van der Waals surface area contributed by atoms with Crippen LogP contribution in [0, 0.1) is 5.82 Å². The molecule has 0 radical (unpaired) electrons. The van der Waals surface area contributed by atoms with E-state index in [0.29, 0.717) is 5.16 Å². The Hall–Kier alpha value is -2.91. The number of nitrogens with one attached hydrogen (secondary N) is 1. The molecule has 34 heavy (non-hydrogen) atoms. The topological polar surface area (TPSA) is 66.3 Å². The molecule has 1 aliphatic rings. The molecule has 1 amide bonds. The van der Waals surface area contributed by atoms with E-state index in [4.69, 9.17) is 0 Å². The van der Waals surface area contributed by atoms with Gasteiger partial charge in [0.15, 0.2) is 11.0 Å². The molecule has 1 aromatic heterocycles. The van der Waals surface area contributed by atoms with Crippen molar-refractivity contribution in [3.63, 3.8) is 0 Å². The third-order valence-corrected chi connectivity index (χ3v) is 7.03. The summed E-state index contributed by atoms with van der Waals surface area (Å²) < 4.78 is 15.4. The molecule has 1 fully saturated rings. The average Bonchev–Trinajstić information content (AvgIpc) is 3.27. The van der Waals surface area contributed by atoms with Gasteiger partial charge in [-0.3, -0.25) is 14.3 Å². The van der Waals surface area contributed by atoms with E-state index in [2.05, 4.69) is 32.5 Å². The Labute approximate surface area is 204 Å². The summed E-state index contributed by atoms with van der Waals surface area (Å²) in [7, 11) is 3.93. The number of hydrogen-bond acceptors (Lipinski definition) is 6. The van der Waals surface area contributed by atoms with Gasteiger partial charge >= 0.3 is 0 Å². The lowest BCUT2D eigenvalue weighted by atomic mass is 10.1. The number of anilines is 2. The molecule has 1 N–H and O–H groups in total. The number of carbonyl (C=O) groups excluding carboxylic acids is 1. The molecule has 9 heteroatoms.